The van der Waals surface area contributed by atoms with E-state index in [2.05, 4.69) is 10.6 Å². The summed E-state index contributed by atoms with van der Waals surface area (Å²) in [5, 5.41) is 14.0. The molecular formula is C14H23F3N2O4. The first-order valence-corrected chi connectivity index (χ1v) is 7.65. The first-order valence-electron chi connectivity index (χ1n) is 7.65. The zero-order valence-corrected chi connectivity index (χ0v) is 13.0. The van der Waals surface area contributed by atoms with Crippen LogP contribution in [0.5, 0.6) is 0 Å². The molecule has 0 unspecified atom stereocenters. The molecule has 0 aromatic heterocycles. The van der Waals surface area contributed by atoms with Crippen LogP contribution >= 0.6 is 0 Å². The second-order valence-electron chi connectivity index (χ2n) is 5.81. The molecule has 23 heavy (non-hydrogen) atoms. The topological polar surface area (TPSA) is 95.1 Å². The number of nitrogens with two attached hydrogens (primary N) is 1. The van der Waals surface area contributed by atoms with Gasteiger partial charge in [0.1, 0.15) is 5.97 Å². The average Bonchev–Trinajstić information content (AvgIpc) is 2.91. The molecule has 9 heteroatoms. The number of fused-ring (bicyclic) bond motifs is 1. The van der Waals surface area contributed by atoms with Crippen LogP contribution in [0.4, 0.5) is 13.2 Å². The van der Waals surface area contributed by atoms with Gasteiger partial charge in [-0.25, -0.2) is 0 Å². The normalized spacial score (nSPS) is 26.7. The van der Waals surface area contributed by atoms with Gasteiger partial charge in [0.2, 0.25) is 0 Å². The van der Waals surface area contributed by atoms with E-state index >= 15 is 0 Å². The van der Waals surface area contributed by atoms with E-state index in [0.717, 1.165) is 12.3 Å². The Bertz CT molecular complexity index is 390. The molecule has 1 aliphatic carbocycles. The number of alkyl halides is 3. The minimum atomic E-state index is -5.19. The molecule has 1 aliphatic heterocycles. The number of carbonyl (C=O) groups excluding carboxylic acids is 2. The number of carboxylic acids is 1. The van der Waals surface area contributed by atoms with Crippen molar-refractivity contribution in [3.05, 3.63) is 0 Å². The number of rotatable bonds is 4. The van der Waals surface area contributed by atoms with Crippen LogP contribution in [-0.4, -0.2) is 50.4 Å². The summed E-state index contributed by atoms with van der Waals surface area (Å²) in [7, 11) is 1.66. The second kappa shape index (κ2) is 9.07. The number of ether oxygens (including phenoxy) is 1. The Morgan fingerprint density at radius 1 is 1.30 bits per heavy atom. The lowest BCUT2D eigenvalue weighted by molar-refractivity contribution is -0.694. The highest BCUT2D eigenvalue weighted by Crippen LogP contribution is 2.28. The number of halogens is 3. The molecule has 6 nitrogen and oxygen atoms in total. The fourth-order valence-corrected chi connectivity index (χ4v) is 3.09. The number of nitrogens with one attached hydrogen (secondary N) is 1. The zero-order valence-electron chi connectivity index (χ0n) is 13.0. The Morgan fingerprint density at radius 3 is 2.43 bits per heavy atom. The number of hydrogen-bond acceptors (Lipinski definition) is 4. The first kappa shape index (κ1) is 19.7. The fraction of sp³-hybridized carbons (Fsp3) is 0.857. The van der Waals surface area contributed by atoms with E-state index in [0.29, 0.717) is 19.2 Å². The molecule has 134 valence electrons. The number of methoxy groups -OCH3 is 1. The quantitative estimate of drug-likeness (QED) is 0.638. The van der Waals surface area contributed by atoms with E-state index in [1.165, 1.54) is 25.7 Å². The average molecular weight is 340 g/mol. The van der Waals surface area contributed by atoms with Gasteiger partial charge in [-0.15, -0.1) is 0 Å². The molecule has 1 saturated heterocycles. The molecule has 2 fully saturated rings. The summed E-state index contributed by atoms with van der Waals surface area (Å²) >= 11 is 0. The van der Waals surface area contributed by atoms with Crippen molar-refractivity contribution in [2.45, 2.75) is 50.4 Å². The largest absolute Gasteiger partial charge is 0.542 e. The van der Waals surface area contributed by atoms with Crippen LogP contribution in [0.2, 0.25) is 0 Å². The first-order chi connectivity index (χ1) is 10.8. The molecule has 0 aromatic rings. The van der Waals surface area contributed by atoms with Gasteiger partial charge in [0.05, 0.1) is 12.6 Å². The summed E-state index contributed by atoms with van der Waals surface area (Å²) in [5.74, 6) is -2.02. The Morgan fingerprint density at radius 2 is 1.91 bits per heavy atom. The maximum atomic E-state index is 11.9. The van der Waals surface area contributed by atoms with Crippen molar-refractivity contribution < 1.29 is 37.9 Å². The standard InChI is InChI=1S/C12H22N2O2.C2HF3O2/c1-16-7-6-13-12(15)11-8-9-4-2-3-5-10(9)14-11;3-2(4,5)1(6)7/h9-11,14H,2-8H2,1H3,(H,13,15);(H,6,7)/t9-,10-,11-;/m0./s1. The molecular weight excluding hydrogens is 317 g/mol. The van der Waals surface area contributed by atoms with E-state index in [-0.39, 0.29) is 11.9 Å². The molecule has 1 amide bonds. The number of carbonyl (C=O) groups is 2. The summed E-state index contributed by atoms with van der Waals surface area (Å²) in [5.41, 5.74) is 0. The van der Waals surface area contributed by atoms with Crippen LogP contribution in [0.3, 0.4) is 0 Å². The summed E-state index contributed by atoms with van der Waals surface area (Å²) in [6.45, 7) is 1.24. The fourth-order valence-electron chi connectivity index (χ4n) is 3.09. The smallest absolute Gasteiger partial charge is 0.430 e. The lowest BCUT2D eigenvalue weighted by atomic mass is 9.85. The molecule has 0 aromatic carbocycles. The summed E-state index contributed by atoms with van der Waals surface area (Å²) in [6, 6.07) is 0.872. The van der Waals surface area contributed by atoms with E-state index in [4.69, 9.17) is 14.6 Å². The maximum absolute atomic E-state index is 11.9. The lowest BCUT2D eigenvalue weighted by Gasteiger charge is -2.20. The highest BCUT2D eigenvalue weighted by Gasteiger charge is 2.42. The third kappa shape index (κ3) is 6.74. The Labute approximate surface area is 132 Å². The number of aliphatic carboxylic acids is 1. The molecule has 0 radical (unpaired) electrons. The lowest BCUT2D eigenvalue weighted by Crippen LogP contribution is -2.94. The van der Waals surface area contributed by atoms with Gasteiger partial charge in [-0.3, -0.25) is 4.79 Å². The zero-order chi connectivity index (χ0) is 17.5. The van der Waals surface area contributed by atoms with Gasteiger partial charge in [-0.1, -0.05) is 6.42 Å². The third-order valence-electron chi connectivity index (χ3n) is 4.18. The predicted molar refractivity (Wildman–Crippen MR) is 72.0 cm³/mol. The predicted octanol–water partition coefficient (Wildman–Crippen LogP) is -1.06. The molecule has 3 atom stereocenters. The molecule has 2 rings (SSSR count). The summed E-state index contributed by atoms with van der Waals surface area (Å²) < 4.78 is 36.5. The molecule has 1 saturated carbocycles. The minimum Gasteiger partial charge on any atom is -0.542 e. The van der Waals surface area contributed by atoms with E-state index in [1.807, 2.05) is 0 Å². The van der Waals surface area contributed by atoms with E-state index in [1.54, 1.807) is 7.11 Å². The molecule has 0 spiro atoms. The molecule has 0 bridgehead atoms. The third-order valence-corrected chi connectivity index (χ3v) is 4.18. The summed E-state index contributed by atoms with van der Waals surface area (Å²) in [4.78, 5) is 20.7. The van der Waals surface area contributed by atoms with Crippen molar-refractivity contribution in [1.82, 2.24) is 5.32 Å². The van der Waals surface area contributed by atoms with Crippen LogP contribution < -0.4 is 15.7 Å². The number of quaternary nitrogens is 1. The van der Waals surface area contributed by atoms with Crippen molar-refractivity contribution in [2.24, 2.45) is 5.92 Å². The number of amides is 1. The second-order valence-corrected chi connectivity index (χ2v) is 5.81. The van der Waals surface area contributed by atoms with Gasteiger partial charge in [0.25, 0.3) is 5.91 Å². The van der Waals surface area contributed by atoms with Gasteiger partial charge in [0, 0.05) is 26.0 Å². The van der Waals surface area contributed by atoms with Crippen molar-refractivity contribution in [3.63, 3.8) is 0 Å². The van der Waals surface area contributed by atoms with Gasteiger partial charge >= 0.3 is 6.18 Å². The van der Waals surface area contributed by atoms with Crippen molar-refractivity contribution in [3.8, 4) is 0 Å². The highest BCUT2D eigenvalue weighted by molar-refractivity contribution is 5.80. The highest BCUT2D eigenvalue weighted by atomic mass is 19.4. The van der Waals surface area contributed by atoms with Crippen molar-refractivity contribution in [2.75, 3.05) is 20.3 Å². The van der Waals surface area contributed by atoms with Crippen molar-refractivity contribution in [1.29, 1.82) is 0 Å². The molecule has 2 aliphatic rings. The van der Waals surface area contributed by atoms with E-state index in [9.17, 15) is 18.0 Å². The van der Waals surface area contributed by atoms with Gasteiger partial charge in [-0.2, -0.15) is 13.2 Å². The van der Waals surface area contributed by atoms with Crippen molar-refractivity contribution >= 4 is 11.9 Å². The Kier molecular flexibility index (Phi) is 7.77. The molecule has 3 N–H and O–H groups in total. The van der Waals surface area contributed by atoms with Gasteiger partial charge < -0.3 is 25.3 Å². The monoisotopic (exact) mass is 340 g/mol. The van der Waals surface area contributed by atoms with Crippen LogP contribution in [0.1, 0.15) is 32.1 Å². The van der Waals surface area contributed by atoms with Crippen LogP contribution in [0.25, 0.3) is 0 Å². The minimum absolute atomic E-state index is 0.157. The van der Waals surface area contributed by atoms with Gasteiger partial charge in [0.15, 0.2) is 6.04 Å². The maximum Gasteiger partial charge on any atom is 0.430 e. The SMILES string of the molecule is COCCNC(=O)[C@@H]1C[C@@H]2CCCC[C@@H]2[NH2+]1.O=C([O-])C(F)(F)F. The van der Waals surface area contributed by atoms with Crippen LogP contribution in [-0.2, 0) is 14.3 Å². The van der Waals surface area contributed by atoms with Crippen LogP contribution in [0.15, 0.2) is 0 Å². The summed E-state index contributed by atoms with van der Waals surface area (Å²) in [6.07, 6.45) is 1.20. The number of hydrogen-bond donors (Lipinski definition) is 2. The Hall–Kier alpha value is -1.35. The molecule has 1 heterocycles. The Balaban J connectivity index is 0.000000322. The van der Waals surface area contributed by atoms with E-state index < -0.39 is 12.1 Å². The van der Waals surface area contributed by atoms with Gasteiger partial charge in [-0.05, 0) is 19.3 Å². The van der Waals surface area contributed by atoms with Crippen LogP contribution in [0, 0.1) is 5.92 Å². The number of carboxylic acid groups (broad SMARTS) is 1.